The topological polar surface area (TPSA) is 104 Å². The molecule has 0 spiro atoms. The molecule has 4 bridgehead atoms. The van der Waals surface area contributed by atoms with Gasteiger partial charge < -0.3 is 10.4 Å². The fraction of sp³-hybridized carbons (Fsp3) is 0.909. The second kappa shape index (κ2) is 3.46. The highest BCUT2D eigenvalue weighted by Gasteiger charge is 2.58. The van der Waals surface area contributed by atoms with E-state index in [0.29, 0.717) is 31.1 Å². The summed E-state index contributed by atoms with van der Waals surface area (Å²) >= 11 is 0. The molecule has 0 aliphatic heterocycles. The third-order valence-corrected chi connectivity index (χ3v) is 5.20. The minimum absolute atomic E-state index is 0.345. The molecule has 18 heavy (non-hydrogen) atoms. The van der Waals surface area contributed by atoms with Crippen LogP contribution in [0.15, 0.2) is 0 Å². The van der Waals surface area contributed by atoms with E-state index in [-0.39, 0.29) is 0 Å². The van der Waals surface area contributed by atoms with Gasteiger partial charge in [0.05, 0.1) is 5.60 Å². The number of hydrogen-bond donors (Lipinski definition) is 3. The zero-order valence-corrected chi connectivity index (χ0v) is 10.7. The van der Waals surface area contributed by atoms with Crippen molar-refractivity contribution in [3.05, 3.63) is 0 Å². The van der Waals surface area contributed by atoms with Gasteiger partial charge in [0.25, 0.3) is 0 Å². The van der Waals surface area contributed by atoms with Crippen molar-refractivity contribution in [2.45, 2.75) is 49.7 Å². The molecule has 4 fully saturated rings. The number of carbonyl (C=O) groups excluding carboxylic acids is 1. The number of aliphatic hydroxyl groups is 1. The Kier molecular flexibility index (Phi) is 2.38. The van der Waals surface area contributed by atoms with Crippen LogP contribution >= 0.6 is 0 Å². The molecule has 0 radical (unpaired) electrons. The first-order chi connectivity index (χ1) is 8.20. The molecule has 4 saturated carbocycles. The molecule has 7 heteroatoms. The van der Waals surface area contributed by atoms with E-state index in [0.717, 1.165) is 19.3 Å². The minimum Gasteiger partial charge on any atom is -0.390 e. The minimum atomic E-state index is -4.70. The molecule has 0 heterocycles. The van der Waals surface area contributed by atoms with Crippen LogP contribution in [0, 0.1) is 11.8 Å². The Morgan fingerprint density at radius 1 is 1.17 bits per heavy atom. The lowest BCUT2D eigenvalue weighted by Crippen LogP contribution is -2.65. The summed E-state index contributed by atoms with van der Waals surface area (Å²) in [5, 5.41) is 11.5. The first-order valence-electron chi connectivity index (χ1n) is 6.22. The fourth-order valence-electron chi connectivity index (χ4n) is 4.64. The maximum Gasteiger partial charge on any atom is 0.364 e. The predicted octanol–water partition coefficient (Wildman–Crippen LogP) is 0.667. The van der Waals surface area contributed by atoms with Crippen molar-refractivity contribution in [1.82, 2.24) is 5.32 Å². The molecule has 2 unspecified atom stereocenters. The number of amides is 1. The summed E-state index contributed by atoms with van der Waals surface area (Å²) in [5.41, 5.74) is -1.41. The number of hydrogen-bond acceptors (Lipinski definition) is 4. The number of rotatable bonds is 1. The van der Waals surface area contributed by atoms with Crippen LogP contribution in [0.3, 0.4) is 0 Å². The van der Waals surface area contributed by atoms with Crippen molar-refractivity contribution in [2.75, 3.05) is 0 Å². The Bertz CT molecular complexity index is 486. The van der Waals surface area contributed by atoms with Crippen molar-refractivity contribution in [3.63, 3.8) is 0 Å². The van der Waals surface area contributed by atoms with Crippen LogP contribution < -0.4 is 5.32 Å². The molecular weight excluding hydrogens is 258 g/mol. The largest absolute Gasteiger partial charge is 0.390 e. The molecule has 4 rings (SSSR count). The SMILES string of the molecule is O=C(NC12CC3CC(CC(O)(C3)C1)C2)S(=O)(=O)O. The van der Waals surface area contributed by atoms with E-state index in [1.807, 2.05) is 0 Å². The average molecular weight is 275 g/mol. The highest BCUT2D eigenvalue weighted by molar-refractivity contribution is 8.01. The summed E-state index contributed by atoms with van der Waals surface area (Å²) in [6, 6.07) is 0. The molecule has 2 atom stereocenters. The first-order valence-corrected chi connectivity index (χ1v) is 7.66. The van der Waals surface area contributed by atoms with E-state index in [1.165, 1.54) is 0 Å². The highest BCUT2D eigenvalue weighted by Crippen LogP contribution is 2.57. The normalized spacial score (nSPS) is 46.1. The Balaban J connectivity index is 1.86. The molecule has 0 aromatic carbocycles. The van der Waals surface area contributed by atoms with Gasteiger partial charge in [0.1, 0.15) is 0 Å². The summed E-state index contributed by atoms with van der Waals surface area (Å²) in [5.74, 6) is 0.691. The molecule has 4 aliphatic carbocycles. The quantitative estimate of drug-likeness (QED) is 0.610. The van der Waals surface area contributed by atoms with Crippen molar-refractivity contribution in [2.24, 2.45) is 11.8 Å². The molecule has 0 saturated heterocycles. The van der Waals surface area contributed by atoms with Gasteiger partial charge in [-0.3, -0.25) is 9.35 Å². The van der Waals surface area contributed by atoms with Gasteiger partial charge in [-0.2, -0.15) is 8.42 Å². The van der Waals surface area contributed by atoms with Gasteiger partial charge in [-0.15, -0.1) is 0 Å². The smallest absolute Gasteiger partial charge is 0.364 e. The molecule has 0 aromatic heterocycles. The number of carbonyl (C=O) groups is 1. The summed E-state index contributed by atoms with van der Waals surface area (Å²) in [7, 11) is -4.70. The maximum absolute atomic E-state index is 11.4. The Labute approximate surface area is 106 Å². The summed E-state index contributed by atoms with van der Waals surface area (Å²) in [6.07, 6.45) is 4.33. The van der Waals surface area contributed by atoms with Crippen molar-refractivity contribution in [1.29, 1.82) is 0 Å². The van der Waals surface area contributed by atoms with Crippen LogP contribution in [0.25, 0.3) is 0 Å². The lowest BCUT2D eigenvalue weighted by Gasteiger charge is -2.60. The monoisotopic (exact) mass is 275 g/mol. The van der Waals surface area contributed by atoms with Crippen molar-refractivity contribution in [3.8, 4) is 0 Å². The van der Waals surface area contributed by atoms with Crippen LogP contribution in [0.5, 0.6) is 0 Å². The predicted molar refractivity (Wildman–Crippen MR) is 62.4 cm³/mol. The molecule has 3 N–H and O–H groups in total. The molecule has 0 aromatic rings. The average Bonchev–Trinajstić information content (AvgIpc) is 2.10. The maximum atomic E-state index is 11.4. The Hall–Kier alpha value is -0.660. The van der Waals surface area contributed by atoms with Gasteiger partial charge in [0, 0.05) is 5.54 Å². The zero-order chi connectivity index (χ0) is 13.2. The van der Waals surface area contributed by atoms with Crippen molar-refractivity contribution >= 4 is 15.4 Å². The summed E-state index contributed by atoms with van der Waals surface area (Å²) < 4.78 is 30.4. The third kappa shape index (κ3) is 1.94. The van der Waals surface area contributed by atoms with Crippen LogP contribution in [-0.4, -0.2) is 34.5 Å². The van der Waals surface area contributed by atoms with Gasteiger partial charge >= 0.3 is 15.4 Å². The fourth-order valence-corrected chi connectivity index (χ4v) is 4.99. The van der Waals surface area contributed by atoms with E-state index in [4.69, 9.17) is 4.55 Å². The molecule has 6 nitrogen and oxygen atoms in total. The van der Waals surface area contributed by atoms with Crippen LogP contribution in [-0.2, 0) is 10.1 Å². The summed E-state index contributed by atoms with van der Waals surface area (Å²) in [6.45, 7) is 0. The van der Waals surface area contributed by atoms with E-state index in [2.05, 4.69) is 5.32 Å². The van der Waals surface area contributed by atoms with Gasteiger partial charge in [-0.1, -0.05) is 0 Å². The summed E-state index contributed by atoms with van der Waals surface area (Å²) in [4.78, 5) is 11.4. The molecular formula is C11H17NO5S. The first kappa shape index (κ1) is 12.4. The van der Waals surface area contributed by atoms with Crippen LogP contribution in [0.4, 0.5) is 4.79 Å². The standard InChI is InChI=1S/C11H17NO5S/c13-9(18(15,16)17)12-10-2-7-1-8(3-10)5-11(14,4-7)6-10/h7-8,14H,1-6H2,(H,12,13)(H,15,16,17). The van der Waals surface area contributed by atoms with Crippen LogP contribution in [0.1, 0.15) is 38.5 Å². The van der Waals surface area contributed by atoms with Gasteiger partial charge in [0.15, 0.2) is 0 Å². The molecule has 1 amide bonds. The second-order valence-corrected chi connectivity index (χ2v) is 7.67. The zero-order valence-electron chi connectivity index (χ0n) is 9.92. The van der Waals surface area contributed by atoms with E-state index in [1.54, 1.807) is 0 Å². The van der Waals surface area contributed by atoms with E-state index >= 15 is 0 Å². The lowest BCUT2D eigenvalue weighted by molar-refractivity contribution is -0.138. The van der Waals surface area contributed by atoms with E-state index in [9.17, 15) is 18.3 Å². The molecule has 102 valence electrons. The number of nitrogens with one attached hydrogen (secondary N) is 1. The van der Waals surface area contributed by atoms with Crippen LogP contribution in [0.2, 0.25) is 0 Å². The van der Waals surface area contributed by atoms with Gasteiger partial charge in [-0.05, 0) is 50.4 Å². The second-order valence-electron chi connectivity index (χ2n) is 6.35. The third-order valence-electron chi connectivity index (χ3n) is 4.63. The molecule has 4 aliphatic rings. The van der Waals surface area contributed by atoms with Gasteiger partial charge in [0.2, 0.25) is 0 Å². The highest BCUT2D eigenvalue weighted by atomic mass is 32.2. The Morgan fingerprint density at radius 3 is 2.17 bits per heavy atom. The van der Waals surface area contributed by atoms with Gasteiger partial charge in [-0.25, -0.2) is 0 Å². The Morgan fingerprint density at radius 2 is 1.72 bits per heavy atom. The lowest BCUT2D eigenvalue weighted by atomic mass is 9.51. The van der Waals surface area contributed by atoms with E-state index < -0.39 is 26.5 Å². The van der Waals surface area contributed by atoms with Crippen molar-refractivity contribution < 1.29 is 22.9 Å².